The van der Waals surface area contributed by atoms with E-state index in [-0.39, 0.29) is 5.97 Å². The van der Waals surface area contributed by atoms with Crippen molar-refractivity contribution in [3.8, 4) is 0 Å². The van der Waals surface area contributed by atoms with Crippen LogP contribution in [0.1, 0.15) is 48.8 Å². The molecule has 0 fully saturated rings. The predicted molar refractivity (Wildman–Crippen MR) is 143 cm³/mol. The van der Waals surface area contributed by atoms with Crippen LogP contribution in [0, 0.1) is 0 Å². The third-order valence-corrected chi connectivity index (χ3v) is 7.93. The second-order valence-electron chi connectivity index (χ2n) is 8.14. The molecule has 0 saturated carbocycles. The first kappa shape index (κ1) is 25.5. The molecule has 3 aromatic carbocycles. The molecule has 4 heteroatoms. The van der Waals surface area contributed by atoms with E-state index in [4.69, 9.17) is 4.74 Å². The Morgan fingerprint density at radius 3 is 1.91 bits per heavy atom. The van der Waals surface area contributed by atoms with Crippen molar-refractivity contribution >= 4 is 29.5 Å². The Labute approximate surface area is 207 Å². The number of hydrogen-bond donors (Lipinski definition) is 0. The number of rotatable bonds is 15. The highest BCUT2D eigenvalue weighted by Gasteiger charge is 2.11. The van der Waals surface area contributed by atoms with E-state index < -0.39 is 0 Å². The Hall–Kier alpha value is -2.17. The summed E-state index contributed by atoms with van der Waals surface area (Å²) in [5, 5.41) is 0.619. The Morgan fingerprint density at radius 1 is 0.697 bits per heavy atom. The molecule has 33 heavy (non-hydrogen) atoms. The molecule has 0 saturated heterocycles. The average molecular weight is 479 g/mol. The molecule has 0 aliphatic carbocycles. The molecule has 0 aliphatic rings. The smallest absolute Gasteiger partial charge is 0.306 e. The van der Waals surface area contributed by atoms with Crippen LogP contribution >= 0.6 is 23.5 Å². The summed E-state index contributed by atoms with van der Waals surface area (Å²) >= 11 is 4.08. The van der Waals surface area contributed by atoms with E-state index in [0.717, 1.165) is 36.3 Å². The van der Waals surface area contributed by atoms with Gasteiger partial charge in [0.25, 0.3) is 0 Å². The third-order valence-electron chi connectivity index (χ3n) is 5.42. The van der Waals surface area contributed by atoms with E-state index >= 15 is 0 Å². The van der Waals surface area contributed by atoms with E-state index in [9.17, 15) is 4.79 Å². The number of esters is 1. The summed E-state index contributed by atoms with van der Waals surface area (Å²) in [5.41, 5.74) is 3.81. The van der Waals surface area contributed by atoms with Gasteiger partial charge in [-0.2, -0.15) is 23.5 Å². The first-order valence-electron chi connectivity index (χ1n) is 11.8. The predicted octanol–water partition coefficient (Wildman–Crippen LogP) is 7.92. The topological polar surface area (TPSA) is 26.3 Å². The van der Waals surface area contributed by atoms with Gasteiger partial charge >= 0.3 is 5.97 Å². The maximum absolute atomic E-state index is 12.1. The number of ether oxygens (including phenoxy) is 1. The van der Waals surface area contributed by atoms with Crippen molar-refractivity contribution in [1.82, 2.24) is 0 Å². The molecule has 0 spiro atoms. The molecule has 2 nitrogen and oxygen atoms in total. The zero-order chi connectivity index (χ0) is 23.0. The van der Waals surface area contributed by atoms with Crippen molar-refractivity contribution in [1.29, 1.82) is 0 Å². The molecule has 1 unspecified atom stereocenters. The van der Waals surface area contributed by atoms with Crippen LogP contribution in [0.5, 0.6) is 0 Å². The molecule has 0 heterocycles. The monoisotopic (exact) mass is 478 g/mol. The molecule has 0 radical (unpaired) electrons. The van der Waals surface area contributed by atoms with Crippen molar-refractivity contribution in [2.24, 2.45) is 0 Å². The van der Waals surface area contributed by atoms with Gasteiger partial charge in [-0.1, -0.05) is 97.4 Å². The normalized spacial score (nSPS) is 11.8. The van der Waals surface area contributed by atoms with Crippen LogP contribution in [0.15, 0.2) is 91.0 Å². The maximum atomic E-state index is 12.1. The van der Waals surface area contributed by atoms with E-state index in [2.05, 4.69) is 72.4 Å². The molecule has 3 aromatic rings. The molecule has 1 atom stereocenters. The van der Waals surface area contributed by atoms with E-state index in [1.54, 1.807) is 0 Å². The molecule has 0 aromatic heterocycles. The van der Waals surface area contributed by atoms with Gasteiger partial charge in [0.2, 0.25) is 0 Å². The molecular weight excluding hydrogens is 444 g/mol. The van der Waals surface area contributed by atoms with Crippen molar-refractivity contribution in [2.45, 2.75) is 55.5 Å². The van der Waals surface area contributed by atoms with Crippen LogP contribution in [0.3, 0.4) is 0 Å². The zero-order valence-corrected chi connectivity index (χ0v) is 20.9. The Kier molecular flexibility index (Phi) is 12.1. The lowest BCUT2D eigenvalue weighted by molar-refractivity contribution is -0.145. The molecule has 0 bridgehead atoms. The lowest BCUT2D eigenvalue weighted by atomic mass is 10.1. The lowest BCUT2D eigenvalue weighted by Gasteiger charge is -2.17. The van der Waals surface area contributed by atoms with Gasteiger partial charge in [0.15, 0.2) is 0 Å². The van der Waals surface area contributed by atoms with Gasteiger partial charge < -0.3 is 4.74 Å². The lowest BCUT2D eigenvalue weighted by Crippen LogP contribution is -2.07. The summed E-state index contributed by atoms with van der Waals surface area (Å²) < 4.78 is 5.41. The summed E-state index contributed by atoms with van der Waals surface area (Å²) in [6, 6.07) is 31.3. The first-order chi connectivity index (χ1) is 16.3. The number of carbonyl (C=O) groups excluding carboxylic acids is 1. The van der Waals surface area contributed by atoms with Crippen molar-refractivity contribution in [3.63, 3.8) is 0 Å². The standard InChI is InChI=1S/C29H34O2S2/c30-29(31-22-25-12-4-1-5-13-25)19-11-10-18-28(33-24-27-16-8-3-9-17-27)20-21-32-23-26-14-6-2-7-15-26/h1-9,12-17,28H,10-11,18-24H2. The van der Waals surface area contributed by atoms with Gasteiger partial charge in [0.05, 0.1) is 0 Å². The van der Waals surface area contributed by atoms with Gasteiger partial charge in [-0.25, -0.2) is 0 Å². The Bertz CT molecular complexity index is 901. The number of benzene rings is 3. The summed E-state index contributed by atoms with van der Waals surface area (Å²) in [4.78, 5) is 12.1. The second kappa shape index (κ2) is 15.6. The van der Waals surface area contributed by atoms with Crippen molar-refractivity contribution < 1.29 is 9.53 Å². The van der Waals surface area contributed by atoms with Gasteiger partial charge in [-0.15, -0.1) is 0 Å². The number of unbranched alkanes of at least 4 members (excludes halogenated alkanes) is 1. The number of thioether (sulfide) groups is 2. The van der Waals surface area contributed by atoms with Crippen molar-refractivity contribution in [3.05, 3.63) is 108 Å². The van der Waals surface area contributed by atoms with Crippen LogP contribution in [0.2, 0.25) is 0 Å². The van der Waals surface area contributed by atoms with Crippen LogP contribution < -0.4 is 0 Å². The van der Waals surface area contributed by atoms with Crippen LogP contribution in [0.4, 0.5) is 0 Å². The summed E-state index contributed by atoms with van der Waals surface area (Å²) in [7, 11) is 0. The maximum Gasteiger partial charge on any atom is 0.306 e. The highest BCUT2D eigenvalue weighted by molar-refractivity contribution is 7.99. The van der Waals surface area contributed by atoms with Crippen LogP contribution in [-0.4, -0.2) is 17.0 Å². The first-order valence-corrected chi connectivity index (χ1v) is 14.0. The summed E-state index contributed by atoms with van der Waals surface area (Å²) in [6.07, 6.45) is 4.82. The Morgan fingerprint density at radius 2 is 1.27 bits per heavy atom. The van der Waals surface area contributed by atoms with Gasteiger partial charge in [0.1, 0.15) is 6.61 Å². The quantitative estimate of drug-likeness (QED) is 0.164. The van der Waals surface area contributed by atoms with Gasteiger partial charge in [0, 0.05) is 23.2 Å². The van der Waals surface area contributed by atoms with Crippen molar-refractivity contribution in [2.75, 3.05) is 5.75 Å². The highest BCUT2D eigenvalue weighted by atomic mass is 32.2. The fourth-order valence-electron chi connectivity index (χ4n) is 3.53. The zero-order valence-electron chi connectivity index (χ0n) is 19.2. The largest absolute Gasteiger partial charge is 0.461 e. The number of hydrogen-bond acceptors (Lipinski definition) is 4. The van der Waals surface area contributed by atoms with Gasteiger partial charge in [-0.05, 0) is 41.7 Å². The molecule has 0 aliphatic heterocycles. The SMILES string of the molecule is O=C(CCCCC(CCSCc1ccccc1)SCc1ccccc1)OCc1ccccc1. The minimum Gasteiger partial charge on any atom is -0.461 e. The fraction of sp³-hybridized carbons (Fsp3) is 0.345. The van der Waals surface area contributed by atoms with E-state index in [1.165, 1.54) is 23.3 Å². The van der Waals surface area contributed by atoms with Gasteiger partial charge in [-0.3, -0.25) is 4.79 Å². The van der Waals surface area contributed by atoms with E-state index in [1.807, 2.05) is 42.1 Å². The minimum absolute atomic E-state index is 0.0919. The molecular formula is C29H34O2S2. The molecule has 0 N–H and O–H groups in total. The molecule has 0 amide bonds. The molecule has 3 rings (SSSR count). The second-order valence-corrected chi connectivity index (χ2v) is 10.5. The summed E-state index contributed by atoms with van der Waals surface area (Å²) in [6.45, 7) is 0.369. The minimum atomic E-state index is -0.0919. The highest BCUT2D eigenvalue weighted by Crippen LogP contribution is 2.27. The van der Waals surface area contributed by atoms with Crippen LogP contribution in [-0.2, 0) is 27.6 Å². The molecule has 174 valence electrons. The fourth-order valence-corrected chi connectivity index (χ4v) is 5.94. The Balaban J connectivity index is 1.36. The average Bonchev–Trinajstić information content (AvgIpc) is 2.87. The third kappa shape index (κ3) is 11.0. The number of carbonyl (C=O) groups is 1. The summed E-state index contributed by atoms with van der Waals surface area (Å²) in [5.74, 6) is 3.20. The van der Waals surface area contributed by atoms with Crippen LogP contribution in [0.25, 0.3) is 0 Å². The van der Waals surface area contributed by atoms with E-state index in [0.29, 0.717) is 18.3 Å².